The highest BCUT2D eigenvalue weighted by molar-refractivity contribution is 9.10. The Morgan fingerprint density at radius 1 is 1.77 bits per heavy atom. The molecule has 0 aromatic carbocycles. The lowest BCUT2D eigenvalue weighted by atomic mass is 10.4. The van der Waals surface area contributed by atoms with E-state index < -0.39 is 0 Å². The predicted octanol–water partition coefficient (Wildman–Crippen LogP) is 1.26. The van der Waals surface area contributed by atoms with E-state index in [0.29, 0.717) is 5.69 Å². The molecule has 1 amide bonds. The van der Waals surface area contributed by atoms with Gasteiger partial charge in [0.2, 0.25) is 0 Å². The summed E-state index contributed by atoms with van der Waals surface area (Å²) in [6.07, 6.45) is 2.85. The number of nitrogens with two attached hydrogens (primary N) is 1. The van der Waals surface area contributed by atoms with Crippen molar-refractivity contribution < 1.29 is 4.79 Å². The van der Waals surface area contributed by atoms with Crippen LogP contribution in [-0.4, -0.2) is 10.5 Å². The van der Waals surface area contributed by atoms with Gasteiger partial charge in [-0.15, -0.1) is 0 Å². The Morgan fingerprint density at radius 2 is 2.46 bits per heavy atom. The summed E-state index contributed by atoms with van der Waals surface area (Å²) in [5.74, 6) is 4.79. The third-order valence-corrected chi connectivity index (χ3v) is 2.13. The van der Waals surface area contributed by atoms with Crippen molar-refractivity contribution in [2.45, 2.75) is 19.9 Å². The first kappa shape index (κ1) is 10.3. The second kappa shape index (κ2) is 4.43. The van der Waals surface area contributed by atoms with E-state index in [2.05, 4.69) is 28.3 Å². The third kappa shape index (κ3) is 2.32. The van der Waals surface area contributed by atoms with E-state index in [4.69, 9.17) is 5.84 Å². The second-order valence-electron chi connectivity index (χ2n) is 2.71. The van der Waals surface area contributed by atoms with Crippen LogP contribution in [-0.2, 0) is 6.54 Å². The van der Waals surface area contributed by atoms with Crippen LogP contribution < -0.4 is 11.3 Å². The molecule has 0 unspecified atom stereocenters. The van der Waals surface area contributed by atoms with Crippen molar-refractivity contribution >= 4 is 21.8 Å². The predicted molar refractivity (Wildman–Crippen MR) is 54.1 cm³/mol. The molecule has 0 radical (unpaired) electrons. The maximum atomic E-state index is 11.2. The number of rotatable bonds is 3. The molecule has 4 nitrogen and oxygen atoms in total. The summed E-state index contributed by atoms with van der Waals surface area (Å²) in [5.41, 5.74) is 2.69. The molecule has 0 saturated carbocycles. The summed E-state index contributed by atoms with van der Waals surface area (Å²) in [5, 5.41) is 0. The van der Waals surface area contributed by atoms with Gasteiger partial charge >= 0.3 is 0 Å². The maximum Gasteiger partial charge on any atom is 0.281 e. The topological polar surface area (TPSA) is 60.0 Å². The normalized spacial score (nSPS) is 10.1. The summed E-state index contributed by atoms with van der Waals surface area (Å²) < 4.78 is 2.76. The van der Waals surface area contributed by atoms with Crippen molar-refractivity contribution in [3.63, 3.8) is 0 Å². The maximum absolute atomic E-state index is 11.2. The molecule has 0 atom stereocenters. The summed E-state index contributed by atoms with van der Waals surface area (Å²) in [7, 11) is 0. The van der Waals surface area contributed by atoms with Crippen LogP contribution in [0.15, 0.2) is 16.7 Å². The first-order valence-corrected chi connectivity index (χ1v) is 4.85. The molecule has 0 saturated heterocycles. The minimum atomic E-state index is -0.265. The quantitative estimate of drug-likeness (QED) is 0.479. The number of halogens is 1. The summed E-state index contributed by atoms with van der Waals surface area (Å²) in [4.78, 5) is 11.2. The van der Waals surface area contributed by atoms with Gasteiger partial charge in [-0.05, 0) is 28.4 Å². The van der Waals surface area contributed by atoms with Gasteiger partial charge in [-0.25, -0.2) is 5.84 Å². The molecule has 1 rings (SSSR count). The molecule has 1 heterocycles. The molecule has 0 aliphatic heterocycles. The number of nitrogen functional groups attached to an aromatic ring is 1. The van der Waals surface area contributed by atoms with Crippen LogP contribution in [0.4, 0.5) is 0 Å². The van der Waals surface area contributed by atoms with Crippen molar-refractivity contribution in [3.8, 4) is 0 Å². The van der Waals surface area contributed by atoms with Gasteiger partial charge in [0.15, 0.2) is 0 Å². The highest BCUT2D eigenvalue weighted by Gasteiger charge is 2.10. The molecule has 0 aliphatic rings. The molecule has 5 heteroatoms. The van der Waals surface area contributed by atoms with E-state index in [-0.39, 0.29) is 5.91 Å². The summed E-state index contributed by atoms with van der Waals surface area (Å²) in [6, 6.07) is 1.75. The fraction of sp³-hybridized carbons (Fsp3) is 0.375. The molecule has 1 aromatic rings. The number of hydrogen-bond acceptors (Lipinski definition) is 2. The van der Waals surface area contributed by atoms with E-state index in [9.17, 15) is 4.79 Å². The third-order valence-electron chi connectivity index (χ3n) is 1.69. The molecular weight excluding hydrogens is 234 g/mol. The standard InChI is InChI=1S/C8H12BrN3O/c1-2-3-12-5-6(9)4-7(12)8(13)11-10/h4-5H,2-3,10H2,1H3,(H,11,13). The molecule has 3 N–H and O–H groups in total. The van der Waals surface area contributed by atoms with Gasteiger partial charge in [0, 0.05) is 17.2 Å². The second-order valence-corrected chi connectivity index (χ2v) is 3.63. The van der Waals surface area contributed by atoms with Crippen LogP contribution in [0.5, 0.6) is 0 Å². The highest BCUT2D eigenvalue weighted by Crippen LogP contribution is 2.15. The van der Waals surface area contributed by atoms with E-state index >= 15 is 0 Å². The Balaban J connectivity index is 2.96. The van der Waals surface area contributed by atoms with Crippen LogP contribution in [0.2, 0.25) is 0 Å². The average Bonchev–Trinajstić information content (AvgIpc) is 2.46. The summed E-state index contributed by atoms with van der Waals surface area (Å²) in [6.45, 7) is 2.87. The van der Waals surface area contributed by atoms with Crippen LogP contribution in [0.3, 0.4) is 0 Å². The van der Waals surface area contributed by atoms with Gasteiger partial charge in [-0.3, -0.25) is 10.2 Å². The van der Waals surface area contributed by atoms with Crippen molar-refractivity contribution in [1.82, 2.24) is 9.99 Å². The minimum absolute atomic E-state index is 0.265. The molecular formula is C8H12BrN3O. The number of aryl methyl sites for hydroxylation is 1. The lowest BCUT2D eigenvalue weighted by molar-refractivity contribution is 0.0944. The lowest BCUT2D eigenvalue weighted by Gasteiger charge is -2.04. The fourth-order valence-corrected chi connectivity index (χ4v) is 1.63. The zero-order valence-electron chi connectivity index (χ0n) is 7.38. The SMILES string of the molecule is CCCn1cc(Br)cc1C(=O)NN. The summed E-state index contributed by atoms with van der Waals surface area (Å²) >= 11 is 3.31. The van der Waals surface area contributed by atoms with Gasteiger partial charge in [-0.1, -0.05) is 6.92 Å². The van der Waals surface area contributed by atoms with Gasteiger partial charge in [-0.2, -0.15) is 0 Å². The molecule has 13 heavy (non-hydrogen) atoms. The van der Waals surface area contributed by atoms with Gasteiger partial charge in [0.05, 0.1) is 0 Å². The van der Waals surface area contributed by atoms with Crippen molar-refractivity contribution in [2.24, 2.45) is 5.84 Å². The number of nitrogens with one attached hydrogen (secondary N) is 1. The van der Waals surface area contributed by atoms with Crippen molar-refractivity contribution in [2.75, 3.05) is 0 Å². The monoisotopic (exact) mass is 245 g/mol. The molecule has 72 valence electrons. The van der Waals surface area contributed by atoms with Crippen molar-refractivity contribution in [3.05, 3.63) is 22.4 Å². The number of hydrazine groups is 1. The van der Waals surface area contributed by atoms with Gasteiger partial charge in [0.25, 0.3) is 5.91 Å². The van der Waals surface area contributed by atoms with Gasteiger partial charge in [0.1, 0.15) is 5.69 Å². The van der Waals surface area contributed by atoms with E-state index in [1.807, 2.05) is 10.8 Å². The van der Waals surface area contributed by atoms with Crippen molar-refractivity contribution in [1.29, 1.82) is 0 Å². The number of aromatic nitrogens is 1. The van der Waals surface area contributed by atoms with E-state index in [1.54, 1.807) is 6.07 Å². The average molecular weight is 246 g/mol. The zero-order valence-corrected chi connectivity index (χ0v) is 8.97. The Bertz CT molecular complexity index is 308. The van der Waals surface area contributed by atoms with E-state index in [0.717, 1.165) is 17.4 Å². The smallest absolute Gasteiger partial charge is 0.281 e. The lowest BCUT2D eigenvalue weighted by Crippen LogP contribution is -2.31. The molecule has 0 bridgehead atoms. The Morgan fingerprint density at radius 3 is 3.00 bits per heavy atom. The number of amides is 1. The molecule has 0 aliphatic carbocycles. The van der Waals surface area contributed by atoms with Crippen LogP contribution in [0.25, 0.3) is 0 Å². The first-order chi connectivity index (χ1) is 6.19. The Kier molecular flexibility index (Phi) is 3.50. The molecule has 0 fully saturated rings. The fourth-order valence-electron chi connectivity index (χ4n) is 1.17. The van der Waals surface area contributed by atoms with E-state index in [1.165, 1.54) is 0 Å². The highest BCUT2D eigenvalue weighted by atomic mass is 79.9. The number of nitrogens with zero attached hydrogens (tertiary/aromatic N) is 1. The minimum Gasteiger partial charge on any atom is -0.342 e. The largest absolute Gasteiger partial charge is 0.342 e. The number of hydrogen-bond donors (Lipinski definition) is 2. The van der Waals surface area contributed by atoms with Crippen LogP contribution in [0, 0.1) is 0 Å². The number of carbonyl (C=O) groups is 1. The zero-order chi connectivity index (χ0) is 9.84. The Hall–Kier alpha value is -0.810. The van der Waals surface area contributed by atoms with Crippen LogP contribution >= 0.6 is 15.9 Å². The number of carbonyl (C=O) groups excluding carboxylic acids is 1. The molecule has 0 spiro atoms. The molecule has 1 aromatic heterocycles. The Labute approximate surface area is 85.2 Å². The van der Waals surface area contributed by atoms with Crippen LogP contribution in [0.1, 0.15) is 23.8 Å². The van der Waals surface area contributed by atoms with Gasteiger partial charge < -0.3 is 4.57 Å². The first-order valence-electron chi connectivity index (χ1n) is 4.05.